The van der Waals surface area contributed by atoms with Crippen LogP contribution in [-0.4, -0.2) is 42.6 Å². The average Bonchev–Trinajstić information content (AvgIpc) is 3.53. The van der Waals surface area contributed by atoms with E-state index in [0.29, 0.717) is 38.7 Å². The summed E-state index contributed by atoms with van der Waals surface area (Å²) in [6.07, 6.45) is 1.43. The number of anilines is 1. The highest BCUT2D eigenvalue weighted by molar-refractivity contribution is 7.89. The molecule has 0 saturated carbocycles. The van der Waals surface area contributed by atoms with Gasteiger partial charge in [-0.25, -0.2) is 17.5 Å². The summed E-state index contributed by atoms with van der Waals surface area (Å²) in [5, 5.41) is 8.11. The fourth-order valence-corrected chi connectivity index (χ4v) is 7.25. The van der Waals surface area contributed by atoms with Crippen LogP contribution in [0.3, 0.4) is 0 Å². The number of ether oxygens (including phenoxy) is 2. The quantitative estimate of drug-likeness (QED) is 0.143. The van der Waals surface area contributed by atoms with Crippen LogP contribution in [0.2, 0.25) is 5.02 Å². The van der Waals surface area contributed by atoms with Crippen molar-refractivity contribution in [3.8, 4) is 17.2 Å². The van der Waals surface area contributed by atoms with E-state index in [1.165, 1.54) is 45.5 Å². The fraction of sp³-hybridized carbons (Fsp3) is 0.135. The van der Waals surface area contributed by atoms with Gasteiger partial charge in [-0.05, 0) is 83.4 Å². The molecule has 0 aliphatic heterocycles. The number of sulfonamides is 1. The summed E-state index contributed by atoms with van der Waals surface area (Å²) in [4.78, 5) is 13.2. The van der Waals surface area contributed by atoms with Gasteiger partial charge in [0, 0.05) is 29.2 Å². The molecule has 0 unspecified atom stereocenters. The van der Waals surface area contributed by atoms with E-state index in [9.17, 15) is 17.6 Å². The summed E-state index contributed by atoms with van der Waals surface area (Å²) in [5.41, 5.74) is 3.24. The Balaban J connectivity index is 1.46. The molecule has 250 valence electrons. The normalized spacial score (nSPS) is 11.5. The van der Waals surface area contributed by atoms with Gasteiger partial charge in [0.05, 0.1) is 42.9 Å². The van der Waals surface area contributed by atoms with E-state index in [0.717, 1.165) is 11.1 Å². The van der Waals surface area contributed by atoms with Gasteiger partial charge in [0.1, 0.15) is 17.3 Å². The molecule has 1 aromatic heterocycles. The first-order valence-electron chi connectivity index (χ1n) is 15.2. The first kappa shape index (κ1) is 33.7. The van der Waals surface area contributed by atoms with Gasteiger partial charge in [-0.1, -0.05) is 54.1 Å². The van der Waals surface area contributed by atoms with Crippen LogP contribution in [0.15, 0.2) is 120 Å². The maximum Gasteiger partial charge on any atom is 0.244 e. The maximum atomic E-state index is 14.8. The lowest BCUT2D eigenvalue weighted by Gasteiger charge is -2.24. The van der Waals surface area contributed by atoms with E-state index in [1.807, 2.05) is 24.3 Å². The standard InChI is InChI=1S/C37H32ClFN4O5S/c1-47-31-15-7-25(8-16-31)23-42(24-26-9-17-32(48-2)18-10-26)49(45,46)36-21-29(41-37(44)19-27-5-3-4-6-34(27)38)20-35-33(36)22-40-43(35)30-13-11-28(39)12-14-30/h3-18,20-22H,19,23-24H2,1-2H3,(H,41,44). The highest BCUT2D eigenvalue weighted by atomic mass is 35.5. The molecular formula is C37H32ClFN4O5S. The Morgan fingerprint density at radius 1 is 0.857 bits per heavy atom. The minimum Gasteiger partial charge on any atom is -0.497 e. The monoisotopic (exact) mass is 698 g/mol. The lowest BCUT2D eigenvalue weighted by molar-refractivity contribution is -0.115. The van der Waals surface area contributed by atoms with Gasteiger partial charge in [0.25, 0.3) is 0 Å². The van der Waals surface area contributed by atoms with Crippen LogP contribution in [-0.2, 0) is 34.3 Å². The lowest BCUT2D eigenvalue weighted by Crippen LogP contribution is -2.30. The van der Waals surface area contributed by atoms with Crippen LogP contribution >= 0.6 is 11.6 Å². The number of nitrogens with one attached hydrogen (secondary N) is 1. The SMILES string of the molecule is COc1ccc(CN(Cc2ccc(OC)cc2)S(=O)(=O)c2cc(NC(=O)Cc3ccccc3Cl)cc3c2cnn3-c2ccc(F)cc2)cc1. The molecule has 0 atom stereocenters. The van der Waals surface area contributed by atoms with E-state index in [4.69, 9.17) is 21.1 Å². The number of methoxy groups -OCH3 is 2. The van der Waals surface area contributed by atoms with Gasteiger partial charge in [-0.3, -0.25) is 4.79 Å². The fourth-order valence-electron chi connectivity index (χ4n) is 5.42. The molecule has 5 aromatic carbocycles. The van der Waals surface area contributed by atoms with Gasteiger partial charge in [-0.15, -0.1) is 0 Å². The van der Waals surface area contributed by atoms with Gasteiger partial charge in [0.15, 0.2) is 0 Å². The van der Waals surface area contributed by atoms with Crippen molar-refractivity contribution in [2.24, 2.45) is 0 Å². The Labute approximate surface area is 288 Å². The Kier molecular flexibility index (Phi) is 9.95. The van der Waals surface area contributed by atoms with Gasteiger partial charge >= 0.3 is 0 Å². The summed E-state index contributed by atoms with van der Waals surface area (Å²) in [5.74, 6) is 0.465. The molecule has 12 heteroatoms. The first-order valence-corrected chi connectivity index (χ1v) is 17.0. The van der Waals surface area contributed by atoms with Crippen LogP contribution < -0.4 is 14.8 Å². The molecule has 6 rings (SSSR count). The van der Waals surface area contributed by atoms with Crippen LogP contribution in [0.4, 0.5) is 10.1 Å². The average molecular weight is 699 g/mol. The molecule has 0 radical (unpaired) electrons. The summed E-state index contributed by atoms with van der Waals surface area (Å²) >= 11 is 6.30. The van der Waals surface area contributed by atoms with Crippen molar-refractivity contribution in [2.75, 3.05) is 19.5 Å². The van der Waals surface area contributed by atoms with Crippen LogP contribution in [0.25, 0.3) is 16.6 Å². The van der Waals surface area contributed by atoms with Crippen molar-refractivity contribution >= 4 is 44.1 Å². The molecule has 0 bridgehead atoms. The molecule has 0 fully saturated rings. The van der Waals surface area contributed by atoms with Gasteiger partial charge in [-0.2, -0.15) is 9.40 Å². The molecule has 0 aliphatic rings. The number of aromatic nitrogens is 2. The molecule has 0 saturated heterocycles. The molecule has 1 N–H and O–H groups in total. The van der Waals surface area contributed by atoms with Crippen LogP contribution in [0, 0.1) is 5.82 Å². The van der Waals surface area contributed by atoms with Crippen molar-refractivity contribution in [1.82, 2.24) is 14.1 Å². The largest absolute Gasteiger partial charge is 0.497 e. The minimum atomic E-state index is -4.27. The third-order valence-corrected chi connectivity index (χ3v) is 10.2. The highest BCUT2D eigenvalue weighted by Crippen LogP contribution is 2.33. The summed E-state index contributed by atoms with van der Waals surface area (Å²) in [6, 6.07) is 30.1. The number of rotatable bonds is 12. The second kappa shape index (κ2) is 14.5. The minimum absolute atomic E-state index is 0.0297. The molecule has 49 heavy (non-hydrogen) atoms. The smallest absolute Gasteiger partial charge is 0.244 e. The topological polar surface area (TPSA) is 103 Å². The Bertz CT molecular complexity index is 2160. The van der Waals surface area contributed by atoms with E-state index < -0.39 is 21.7 Å². The molecule has 1 amide bonds. The predicted molar refractivity (Wildman–Crippen MR) is 187 cm³/mol. The second-order valence-electron chi connectivity index (χ2n) is 11.2. The van der Waals surface area contributed by atoms with E-state index >= 15 is 0 Å². The third-order valence-electron chi connectivity index (χ3n) is 7.97. The van der Waals surface area contributed by atoms with Crippen molar-refractivity contribution in [1.29, 1.82) is 0 Å². The van der Waals surface area contributed by atoms with E-state index in [2.05, 4.69) is 10.4 Å². The summed E-state index contributed by atoms with van der Waals surface area (Å²) in [6.45, 7) is 0.0735. The number of hydrogen-bond acceptors (Lipinski definition) is 6. The van der Waals surface area contributed by atoms with Crippen LogP contribution in [0.1, 0.15) is 16.7 Å². The van der Waals surface area contributed by atoms with Crippen LogP contribution in [0.5, 0.6) is 11.5 Å². The zero-order valence-corrected chi connectivity index (χ0v) is 28.2. The highest BCUT2D eigenvalue weighted by Gasteiger charge is 2.29. The first-order chi connectivity index (χ1) is 23.6. The number of hydrogen-bond donors (Lipinski definition) is 1. The van der Waals surface area contributed by atoms with E-state index in [-0.39, 0.29) is 30.1 Å². The maximum absolute atomic E-state index is 14.8. The number of amides is 1. The second-order valence-corrected chi connectivity index (χ2v) is 13.5. The molecule has 0 aliphatic carbocycles. The molecule has 9 nitrogen and oxygen atoms in total. The number of fused-ring (bicyclic) bond motifs is 1. The number of carbonyl (C=O) groups excluding carboxylic acids is 1. The number of halogens is 2. The van der Waals surface area contributed by atoms with E-state index in [1.54, 1.807) is 68.8 Å². The van der Waals surface area contributed by atoms with Crippen molar-refractivity contribution < 1.29 is 27.1 Å². The van der Waals surface area contributed by atoms with Gasteiger partial charge < -0.3 is 14.8 Å². The zero-order chi connectivity index (χ0) is 34.5. The molecular weight excluding hydrogens is 667 g/mol. The Morgan fingerprint density at radius 3 is 2.02 bits per heavy atom. The third kappa shape index (κ3) is 7.59. The number of benzene rings is 5. The van der Waals surface area contributed by atoms with Crippen molar-refractivity contribution in [3.63, 3.8) is 0 Å². The number of nitrogens with zero attached hydrogens (tertiary/aromatic N) is 3. The Morgan fingerprint density at radius 2 is 1.45 bits per heavy atom. The van der Waals surface area contributed by atoms with Gasteiger partial charge in [0.2, 0.25) is 15.9 Å². The summed E-state index contributed by atoms with van der Waals surface area (Å²) < 4.78 is 56.9. The predicted octanol–water partition coefficient (Wildman–Crippen LogP) is 7.41. The Hall–Kier alpha value is -5.23. The molecule has 6 aromatic rings. The van der Waals surface area contributed by atoms with Crippen molar-refractivity contribution in [3.05, 3.63) is 143 Å². The van der Waals surface area contributed by atoms with Crippen molar-refractivity contribution in [2.45, 2.75) is 24.4 Å². The number of carbonyl (C=O) groups is 1. The summed E-state index contributed by atoms with van der Waals surface area (Å²) in [7, 11) is -1.14. The molecule has 0 spiro atoms. The molecule has 1 heterocycles. The lowest BCUT2D eigenvalue weighted by atomic mass is 10.1. The zero-order valence-electron chi connectivity index (χ0n) is 26.6.